The molecule has 1 saturated heterocycles. The highest BCUT2D eigenvalue weighted by Gasteiger charge is 2.35. The van der Waals surface area contributed by atoms with E-state index in [2.05, 4.69) is 20.7 Å². The number of methoxy groups -OCH3 is 1. The van der Waals surface area contributed by atoms with Crippen molar-refractivity contribution in [1.82, 2.24) is 9.97 Å². The SMILES string of the molecule is COC1(CNc2nc(NN)ncc2[N+](=O)[O-])CCOC1. The van der Waals surface area contributed by atoms with E-state index in [-0.39, 0.29) is 17.5 Å². The van der Waals surface area contributed by atoms with Crippen molar-refractivity contribution in [1.29, 1.82) is 0 Å². The van der Waals surface area contributed by atoms with E-state index in [4.69, 9.17) is 15.3 Å². The molecule has 1 atom stereocenters. The van der Waals surface area contributed by atoms with Gasteiger partial charge in [-0.15, -0.1) is 0 Å². The molecule has 10 heteroatoms. The van der Waals surface area contributed by atoms with Crippen LogP contribution in [0.25, 0.3) is 0 Å². The van der Waals surface area contributed by atoms with E-state index in [1.165, 1.54) is 0 Å². The first kappa shape index (κ1) is 14.4. The highest BCUT2D eigenvalue weighted by molar-refractivity contribution is 5.57. The normalized spacial score (nSPS) is 21.7. The Kier molecular flexibility index (Phi) is 4.27. The molecule has 0 bridgehead atoms. The molecule has 0 aliphatic carbocycles. The molecular weight excluding hydrogens is 268 g/mol. The Morgan fingerprint density at radius 1 is 1.70 bits per heavy atom. The Bertz CT molecular complexity index is 491. The van der Waals surface area contributed by atoms with Gasteiger partial charge < -0.3 is 14.8 Å². The molecule has 0 radical (unpaired) electrons. The number of rotatable bonds is 6. The number of hydrazine groups is 1. The standard InChI is InChI=1S/C10H16N6O4/c1-19-10(2-3-20-6-10)5-13-8-7(16(17)18)4-12-9(14-8)15-11/h4H,2-3,5-6,11H2,1H3,(H2,12,13,14,15). The molecular formula is C10H16N6O4. The molecule has 1 aromatic heterocycles. The first-order valence-electron chi connectivity index (χ1n) is 5.95. The molecule has 110 valence electrons. The van der Waals surface area contributed by atoms with Gasteiger partial charge in [-0.25, -0.2) is 10.8 Å². The van der Waals surface area contributed by atoms with E-state index in [1.807, 2.05) is 0 Å². The van der Waals surface area contributed by atoms with Gasteiger partial charge in [-0.2, -0.15) is 4.98 Å². The average Bonchev–Trinajstić information content (AvgIpc) is 2.94. The molecule has 10 nitrogen and oxygen atoms in total. The third-order valence-electron chi connectivity index (χ3n) is 3.17. The van der Waals surface area contributed by atoms with Gasteiger partial charge >= 0.3 is 5.69 Å². The summed E-state index contributed by atoms with van der Waals surface area (Å²) in [6, 6.07) is 0. The van der Waals surface area contributed by atoms with Gasteiger partial charge in [0, 0.05) is 26.7 Å². The molecule has 1 fully saturated rings. The number of nitrogen functional groups attached to an aromatic ring is 1. The van der Waals surface area contributed by atoms with Crippen molar-refractivity contribution in [3.05, 3.63) is 16.3 Å². The smallest absolute Gasteiger partial charge is 0.329 e. The summed E-state index contributed by atoms with van der Waals surface area (Å²) >= 11 is 0. The average molecular weight is 284 g/mol. The van der Waals surface area contributed by atoms with E-state index in [1.54, 1.807) is 7.11 Å². The van der Waals surface area contributed by atoms with E-state index in [0.717, 1.165) is 6.20 Å². The van der Waals surface area contributed by atoms with Gasteiger partial charge in [0.15, 0.2) is 0 Å². The maximum absolute atomic E-state index is 10.9. The van der Waals surface area contributed by atoms with Gasteiger partial charge in [0.1, 0.15) is 11.8 Å². The first-order chi connectivity index (χ1) is 9.60. The van der Waals surface area contributed by atoms with Crippen molar-refractivity contribution in [2.24, 2.45) is 5.84 Å². The molecule has 1 aliphatic heterocycles. The molecule has 4 N–H and O–H groups in total. The number of hydrogen-bond acceptors (Lipinski definition) is 9. The second-order valence-corrected chi connectivity index (χ2v) is 4.37. The highest BCUT2D eigenvalue weighted by Crippen LogP contribution is 2.26. The summed E-state index contributed by atoms with van der Waals surface area (Å²) in [5.41, 5.74) is 1.51. The number of nitrogens with one attached hydrogen (secondary N) is 2. The topological polar surface area (TPSA) is 137 Å². The van der Waals surface area contributed by atoms with Crippen LogP contribution in [-0.4, -0.2) is 47.4 Å². The van der Waals surface area contributed by atoms with Gasteiger partial charge in [-0.1, -0.05) is 0 Å². The van der Waals surface area contributed by atoms with E-state index < -0.39 is 10.5 Å². The minimum Gasteiger partial charge on any atom is -0.378 e. The van der Waals surface area contributed by atoms with Crippen molar-refractivity contribution in [2.75, 3.05) is 37.6 Å². The fourth-order valence-electron chi connectivity index (χ4n) is 1.91. The quantitative estimate of drug-likeness (QED) is 0.371. The molecule has 0 aromatic carbocycles. The minimum absolute atomic E-state index is 0.0845. The zero-order chi connectivity index (χ0) is 14.6. The number of anilines is 2. The monoisotopic (exact) mass is 284 g/mol. The third kappa shape index (κ3) is 2.92. The van der Waals surface area contributed by atoms with Crippen LogP contribution in [0, 0.1) is 10.1 Å². The zero-order valence-corrected chi connectivity index (χ0v) is 11.0. The fourth-order valence-corrected chi connectivity index (χ4v) is 1.91. The Balaban J connectivity index is 2.16. The summed E-state index contributed by atoms with van der Waals surface area (Å²) in [5, 5.41) is 13.9. The maximum Gasteiger partial charge on any atom is 0.329 e. The Hall–Kier alpha value is -2.04. The Morgan fingerprint density at radius 3 is 3.05 bits per heavy atom. The lowest BCUT2D eigenvalue weighted by atomic mass is 10.0. The molecule has 1 aromatic rings. The molecule has 0 amide bonds. The molecule has 2 rings (SSSR count). The highest BCUT2D eigenvalue weighted by atomic mass is 16.6. The Labute approximate surface area is 114 Å². The summed E-state index contributed by atoms with van der Waals surface area (Å²) in [5.74, 6) is 5.37. The van der Waals surface area contributed by atoms with Crippen LogP contribution in [0.2, 0.25) is 0 Å². The second-order valence-electron chi connectivity index (χ2n) is 4.37. The van der Waals surface area contributed by atoms with Crippen LogP contribution in [0.1, 0.15) is 6.42 Å². The number of nitrogens with zero attached hydrogens (tertiary/aromatic N) is 3. The van der Waals surface area contributed by atoms with E-state index in [9.17, 15) is 10.1 Å². The number of nitrogens with two attached hydrogens (primary N) is 1. The zero-order valence-electron chi connectivity index (χ0n) is 11.0. The van der Waals surface area contributed by atoms with E-state index in [0.29, 0.717) is 26.2 Å². The van der Waals surface area contributed by atoms with Crippen LogP contribution in [0.5, 0.6) is 0 Å². The van der Waals surface area contributed by atoms with E-state index >= 15 is 0 Å². The lowest BCUT2D eigenvalue weighted by Gasteiger charge is -2.26. The largest absolute Gasteiger partial charge is 0.378 e. The summed E-state index contributed by atoms with van der Waals surface area (Å²) in [6.07, 6.45) is 1.80. The molecule has 1 aliphatic rings. The molecule has 1 unspecified atom stereocenters. The van der Waals surface area contributed by atoms with Crippen LogP contribution in [0.4, 0.5) is 17.5 Å². The summed E-state index contributed by atoms with van der Waals surface area (Å²) < 4.78 is 10.7. The lowest BCUT2D eigenvalue weighted by molar-refractivity contribution is -0.384. The van der Waals surface area contributed by atoms with Crippen molar-refractivity contribution in [3.8, 4) is 0 Å². The van der Waals surface area contributed by atoms with Gasteiger partial charge in [0.2, 0.25) is 11.8 Å². The van der Waals surface area contributed by atoms with Gasteiger partial charge in [0.25, 0.3) is 0 Å². The van der Waals surface area contributed by atoms with Crippen LogP contribution in [0.15, 0.2) is 6.20 Å². The van der Waals surface area contributed by atoms with Crippen molar-refractivity contribution in [2.45, 2.75) is 12.0 Å². The number of aromatic nitrogens is 2. The van der Waals surface area contributed by atoms with Crippen LogP contribution in [0.3, 0.4) is 0 Å². The van der Waals surface area contributed by atoms with Gasteiger partial charge in [-0.3, -0.25) is 15.5 Å². The Morgan fingerprint density at radius 2 is 2.50 bits per heavy atom. The molecule has 0 spiro atoms. The molecule has 0 saturated carbocycles. The number of ether oxygens (including phenoxy) is 2. The summed E-state index contributed by atoms with van der Waals surface area (Å²) in [7, 11) is 1.58. The predicted octanol–water partition coefficient (Wildman–Crippen LogP) is -0.112. The van der Waals surface area contributed by atoms with Crippen molar-refractivity contribution < 1.29 is 14.4 Å². The van der Waals surface area contributed by atoms with Crippen LogP contribution < -0.4 is 16.6 Å². The predicted molar refractivity (Wildman–Crippen MR) is 70.2 cm³/mol. The van der Waals surface area contributed by atoms with Gasteiger partial charge in [-0.05, 0) is 0 Å². The van der Waals surface area contributed by atoms with Crippen LogP contribution in [-0.2, 0) is 9.47 Å². The number of hydrogen-bond donors (Lipinski definition) is 3. The first-order valence-corrected chi connectivity index (χ1v) is 5.95. The minimum atomic E-state index is -0.562. The summed E-state index contributed by atoms with van der Waals surface area (Å²) in [4.78, 5) is 18.0. The van der Waals surface area contributed by atoms with Gasteiger partial charge in [0.05, 0.1) is 11.5 Å². The second kappa shape index (κ2) is 5.94. The third-order valence-corrected chi connectivity index (χ3v) is 3.17. The lowest BCUT2D eigenvalue weighted by Crippen LogP contribution is -2.39. The van der Waals surface area contributed by atoms with Crippen molar-refractivity contribution >= 4 is 17.5 Å². The maximum atomic E-state index is 10.9. The summed E-state index contributed by atoms with van der Waals surface area (Å²) in [6.45, 7) is 1.36. The molecule has 2 heterocycles. The van der Waals surface area contributed by atoms with Crippen molar-refractivity contribution in [3.63, 3.8) is 0 Å². The molecule has 20 heavy (non-hydrogen) atoms. The number of nitro groups is 1. The fraction of sp³-hybridized carbons (Fsp3) is 0.600. The van der Waals surface area contributed by atoms with Crippen LogP contribution >= 0.6 is 0 Å².